The molecule has 2 aromatic rings. The molecule has 0 aliphatic carbocycles. The Morgan fingerprint density at radius 1 is 1.33 bits per heavy atom. The zero-order valence-electron chi connectivity index (χ0n) is 13.0. The lowest BCUT2D eigenvalue weighted by molar-refractivity contribution is 0.316. The van der Waals surface area contributed by atoms with Crippen molar-refractivity contribution in [3.05, 3.63) is 54.6 Å². The molecular formula is C17H23N3O. The quantitative estimate of drug-likeness (QED) is 0.783. The van der Waals surface area contributed by atoms with Crippen molar-refractivity contribution in [1.82, 2.24) is 14.5 Å². The van der Waals surface area contributed by atoms with Gasteiger partial charge in [0.15, 0.2) is 0 Å². The molecule has 0 fully saturated rings. The highest BCUT2D eigenvalue weighted by molar-refractivity contribution is 5.70. The largest absolute Gasteiger partial charge is 0.493 e. The first-order valence-electron chi connectivity index (χ1n) is 7.27. The number of nitrogens with zero attached hydrogens (tertiary/aromatic N) is 3. The van der Waals surface area contributed by atoms with E-state index in [2.05, 4.69) is 43.0 Å². The molecule has 0 spiro atoms. The Labute approximate surface area is 126 Å². The number of aromatic nitrogens is 2. The van der Waals surface area contributed by atoms with Gasteiger partial charge in [0.05, 0.1) is 18.6 Å². The van der Waals surface area contributed by atoms with Crippen LogP contribution in [0.25, 0.3) is 5.70 Å². The molecule has 0 N–H and O–H groups in total. The third kappa shape index (κ3) is 4.20. The van der Waals surface area contributed by atoms with Crippen molar-refractivity contribution in [2.24, 2.45) is 0 Å². The number of rotatable bonds is 7. The molecule has 112 valence electrons. The number of ether oxygens (including phenoxy) is 1. The van der Waals surface area contributed by atoms with E-state index in [4.69, 9.17) is 4.74 Å². The van der Waals surface area contributed by atoms with E-state index in [-0.39, 0.29) is 0 Å². The zero-order valence-corrected chi connectivity index (χ0v) is 13.0. The van der Waals surface area contributed by atoms with Gasteiger partial charge in [0, 0.05) is 24.5 Å². The first-order chi connectivity index (χ1) is 10.2. The summed E-state index contributed by atoms with van der Waals surface area (Å²) in [6, 6.07) is 8.15. The van der Waals surface area contributed by atoms with Gasteiger partial charge in [-0.15, -0.1) is 0 Å². The number of para-hydroxylation sites is 1. The smallest absolute Gasteiger partial charge is 0.128 e. The van der Waals surface area contributed by atoms with Gasteiger partial charge in [-0.05, 0) is 38.7 Å². The number of likely N-dealkylation sites (N-methyl/N-ethyl adjacent to an activating group) is 1. The molecule has 0 bridgehead atoms. The van der Waals surface area contributed by atoms with Gasteiger partial charge in [0.2, 0.25) is 0 Å². The molecule has 1 aromatic heterocycles. The highest BCUT2D eigenvalue weighted by Gasteiger charge is 2.10. The molecule has 1 aromatic carbocycles. The van der Waals surface area contributed by atoms with Crippen LogP contribution in [0.4, 0.5) is 0 Å². The highest BCUT2D eigenvalue weighted by Crippen LogP contribution is 2.27. The van der Waals surface area contributed by atoms with Crippen LogP contribution in [-0.4, -0.2) is 41.7 Å². The molecule has 0 saturated heterocycles. The fourth-order valence-electron chi connectivity index (χ4n) is 2.04. The third-order valence-electron chi connectivity index (χ3n) is 3.06. The summed E-state index contributed by atoms with van der Waals surface area (Å²) >= 11 is 0. The van der Waals surface area contributed by atoms with Crippen LogP contribution < -0.4 is 4.74 Å². The average Bonchev–Trinajstić information content (AvgIpc) is 3.00. The summed E-state index contributed by atoms with van der Waals surface area (Å²) in [5, 5.41) is 0. The van der Waals surface area contributed by atoms with Crippen molar-refractivity contribution >= 4 is 5.70 Å². The molecule has 2 rings (SSSR count). The predicted molar refractivity (Wildman–Crippen MR) is 86.4 cm³/mol. The molecule has 1 heterocycles. The van der Waals surface area contributed by atoms with Crippen molar-refractivity contribution in [3.8, 4) is 5.75 Å². The lowest BCUT2D eigenvalue weighted by Crippen LogP contribution is -2.12. The van der Waals surface area contributed by atoms with E-state index in [0.717, 1.165) is 36.6 Å². The molecule has 4 nitrogen and oxygen atoms in total. The Hall–Kier alpha value is -2.07. The van der Waals surface area contributed by atoms with Crippen LogP contribution in [0.15, 0.2) is 49.1 Å². The minimum Gasteiger partial charge on any atom is -0.493 e. The summed E-state index contributed by atoms with van der Waals surface area (Å²) < 4.78 is 7.91. The maximum atomic E-state index is 5.88. The monoisotopic (exact) mass is 285 g/mol. The molecule has 4 heteroatoms. The van der Waals surface area contributed by atoms with Crippen LogP contribution in [0, 0.1) is 0 Å². The van der Waals surface area contributed by atoms with E-state index >= 15 is 0 Å². The van der Waals surface area contributed by atoms with Gasteiger partial charge in [0.25, 0.3) is 0 Å². The first kappa shape index (κ1) is 15.3. The number of hydrogen-bond acceptors (Lipinski definition) is 3. The minimum atomic E-state index is 0.724. The second kappa shape index (κ2) is 7.64. The lowest BCUT2D eigenvalue weighted by atomic mass is 10.1. The van der Waals surface area contributed by atoms with E-state index in [1.807, 2.05) is 35.3 Å². The predicted octanol–water partition coefficient (Wildman–Crippen LogP) is 3.12. The van der Waals surface area contributed by atoms with E-state index in [0.29, 0.717) is 0 Å². The van der Waals surface area contributed by atoms with Crippen LogP contribution in [0.1, 0.15) is 18.9 Å². The summed E-state index contributed by atoms with van der Waals surface area (Å²) in [6.45, 7) is 3.69. The van der Waals surface area contributed by atoms with Gasteiger partial charge in [-0.25, -0.2) is 4.98 Å². The van der Waals surface area contributed by atoms with Gasteiger partial charge in [0.1, 0.15) is 5.75 Å². The highest BCUT2D eigenvalue weighted by atomic mass is 16.5. The normalized spacial score (nSPS) is 11.9. The molecule has 0 amide bonds. The van der Waals surface area contributed by atoms with E-state index in [1.165, 1.54) is 0 Å². The average molecular weight is 285 g/mol. The SMILES string of the molecule is CCCOc1ccccc1C(=CCN(C)C)n1ccnc1. The summed E-state index contributed by atoms with van der Waals surface area (Å²) in [6.07, 6.45) is 8.75. The topological polar surface area (TPSA) is 30.3 Å². The molecule has 0 atom stereocenters. The van der Waals surface area contributed by atoms with Crippen molar-refractivity contribution < 1.29 is 4.74 Å². The summed E-state index contributed by atoms with van der Waals surface area (Å²) in [4.78, 5) is 6.29. The first-order valence-corrected chi connectivity index (χ1v) is 7.27. The standard InChI is InChI=1S/C17H23N3O/c1-4-13-21-17-8-6-5-7-15(17)16(9-11-19(2)3)20-12-10-18-14-20/h5-10,12,14H,4,11,13H2,1-3H3. The Balaban J connectivity index is 2.39. The van der Waals surface area contributed by atoms with E-state index in [9.17, 15) is 0 Å². The van der Waals surface area contributed by atoms with Crippen LogP contribution in [0.3, 0.4) is 0 Å². The lowest BCUT2D eigenvalue weighted by Gasteiger charge is -2.16. The number of benzene rings is 1. The Morgan fingerprint density at radius 3 is 2.81 bits per heavy atom. The molecule has 0 saturated carbocycles. The van der Waals surface area contributed by atoms with Crippen molar-refractivity contribution in [3.63, 3.8) is 0 Å². The van der Waals surface area contributed by atoms with Crippen LogP contribution in [-0.2, 0) is 0 Å². The maximum Gasteiger partial charge on any atom is 0.128 e. The Kier molecular flexibility index (Phi) is 5.58. The van der Waals surface area contributed by atoms with E-state index in [1.54, 1.807) is 6.20 Å². The summed E-state index contributed by atoms with van der Waals surface area (Å²) in [7, 11) is 4.11. The third-order valence-corrected chi connectivity index (χ3v) is 3.06. The molecule has 0 radical (unpaired) electrons. The minimum absolute atomic E-state index is 0.724. The number of hydrogen-bond donors (Lipinski definition) is 0. The van der Waals surface area contributed by atoms with Crippen LogP contribution >= 0.6 is 0 Å². The van der Waals surface area contributed by atoms with Gasteiger partial charge >= 0.3 is 0 Å². The molecular weight excluding hydrogens is 262 g/mol. The molecule has 0 aliphatic rings. The van der Waals surface area contributed by atoms with E-state index < -0.39 is 0 Å². The zero-order chi connectivity index (χ0) is 15.1. The second-order valence-corrected chi connectivity index (χ2v) is 5.17. The summed E-state index contributed by atoms with van der Waals surface area (Å²) in [5.41, 5.74) is 2.18. The summed E-state index contributed by atoms with van der Waals surface area (Å²) in [5.74, 6) is 0.915. The van der Waals surface area contributed by atoms with Crippen molar-refractivity contribution in [2.45, 2.75) is 13.3 Å². The fourth-order valence-corrected chi connectivity index (χ4v) is 2.04. The Bertz CT molecular complexity index is 573. The molecule has 0 unspecified atom stereocenters. The van der Waals surface area contributed by atoms with Crippen molar-refractivity contribution in [1.29, 1.82) is 0 Å². The fraction of sp³-hybridized carbons (Fsp3) is 0.353. The Morgan fingerprint density at radius 2 is 2.14 bits per heavy atom. The maximum absolute atomic E-state index is 5.88. The van der Waals surface area contributed by atoms with Crippen LogP contribution in [0.5, 0.6) is 5.75 Å². The number of imidazole rings is 1. The van der Waals surface area contributed by atoms with Gasteiger partial charge in [-0.1, -0.05) is 19.1 Å². The van der Waals surface area contributed by atoms with Crippen LogP contribution in [0.2, 0.25) is 0 Å². The molecule has 0 aliphatic heterocycles. The molecule has 21 heavy (non-hydrogen) atoms. The van der Waals surface area contributed by atoms with Gasteiger partial charge in [-0.2, -0.15) is 0 Å². The van der Waals surface area contributed by atoms with Crippen molar-refractivity contribution in [2.75, 3.05) is 27.2 Å². The van der Waals surface area contributed by atoms with Gasteiger partial charge in [-0.3, -0.25) is 0 Å². The van der Waals surface area contributed by atoms with Gasteiger partial charge < -0.3 is 14.2 Å². The second-order valence-electron chi connectivity index (χ2n) is 5.17.